The molecule has 0 amide bonds. The second kappa shape index (κ2) is 23.9. The second-order valence-electron chi connectivity index (χ2n) is 25.0. The number of pyridine rings is 1. The van der Waals surface area contributed by atoms with Crippen LogP contribution >= 0.6 is 0 Å². The Morgan fingerprint density at radius 2 is 0.433 bits per heavy atom. The Balaban J connectivity index is 1.25. The summed E-state index contributed by atoms with van der Waals surface area (Å²) in [5.41, 5.74) is 13.2. The third-order valence-corrected chi connectivity index (χ3v) is 19.4. The number of hydrogen-bond acceptors (Lipinski definition) is 12. The maximum Gasteiger partial charge on any atom is 0.168 e. The Kier molecular flexibility index (Phi) is 13.9. The number of aromatic nitrogens is 8. The molecule has 0 spiro atoms. The molecule has 474 valence electrons. The van der Waals surface area contributed by atoms with E-state index in [4.69, 9.17) is 19.9 Å². The molecule has 0 N–H and O–H groups in total. The average molecular weight is 1320 g/mol. The summed E-state index contributed by atoms with van der Waals surface area (Å²) in [5, 5.41) is 92.1. The third-order valence-electron chi connectivity index (χ3n) is 19.4. The van der Waals surface area contributed by atoms with Gasteiger partial charge in [-0.3, -0.25) is 0 Å². The lowest BCUT2D eigenvalue weighted by Crippen LogP contribution is -2.17. The van der Waals surface area contributed by atoms with Crippen molar-refractivity contribution in [3.05, 3.63) is 299 Å². The number of rotatable bonds is 9. The van der Waals surface area contributed by atoms with Crippen LogP contribution in [0.2, 0.25) is 0 Å². The molecule has 6 heterocycles. The van der Waals surface area contributed by atoms with E-state index >= 15 is 0 Å². The summed E-state index contributed by atoms with van der Waals surface area (Å²) in [4.78, 5) is 22.9. The fraction of sp³-hybridized carbons (Fsp3) is 0. The van der Waals surface area contributed by atoms with Gasteiger partial charge < -0.3 is 18.3 Å². The highest BCUT2D eigenvalue weighted by Crippen LogP contribution is 2.55. The molecule has 18 aromatic rings. The van der Waals surface area contributed by atoms with Gasteiger partial charge in [0.15, 0.2) is 17.5 Å². The van der Waals surface area contributed by atoms with Gasteiger partial charge in [-0.25, -0.2) is 19.9 Å². The fourth-order valence-corrected chi connectivity index (χ4v) is 14.9. The van der Waals surface area contributed by atoms with Gasteiger partial charge in [0.1, 0.15) is 0 Å². The topological polar surface area (TPSA) is 262 Å². The molecule has 104 heavy (non-hydrogen) atoms. The maximum absolute atomic E-state index is 10.9. The minimum atomic E-state index is 0.135. The number of hydrogen-bond donors (Lipinski definition) is 0. The summed E-state index contributed by atoms with van der Waals surface area (Å²) in [6.07, 6.45) is 0. The highest BCUT2D eigenvalue weighted by atomic mass is 15.1. The van der Waals surface area contributed by atoms with E-state index in [1.54, 1.807) is 48.5 Å². The zero-order valence-electron chi connectivity index (χ0n) is 54.4. The molecule has 0 unspecified atom stereocenters. The van der Waals surface area contributed by atoms with Crippen molar-refractivity contribution in [2.45, 2.75) is 0 Å². The minimum Gasteiger partial charge on any atom is -0.306 e. The molecule has 0 atom stereocenters. The third kappa shape index (κ3) is 9.31. The molecule has 0 radical (unpaired) electrons. The first-order chi connectivity index (χ1) is 51.2. The molecule has 0 aliphatic heterocycles. The largest absolute Gasteiger partial charge is 0.306 e. The van der Waals surface area contributed by atoms with E-state index in [1.165, 1.54) is 0 Å². The van der Waals surface area contributed by atoms with E-state index in [0.29, 0.717) is 200 Å². The van der Waals surface area contributed by atoms with E-state index in [-0.39, 0.29) is 5.82 Å². The second-order valence-corrected chi connectivity index (χ2v) is 25.0. The normalized spacial score (nSPS) is 11.2. The molecule has 0 aliphatic carbocycles. The zero-order valence-corrected chi connectivity index (χ0v) is 54.4. The van der Waals surface area contributed by atoms with Crippen molar-refractivity contribution in [1.29, 1.82) is 42.1 Å². The first-order valence-corrected chi connectivity index (χ1v) is 32.9. The quantitative estimate of drug-likeness (QED) is 0.131. The maximum atomic E-state index is 10.9. The van der Waals surface area contributed by atoms with Gasteiger partial charge in [-0.05, 0) is 158 Å². The Morgan fingerprint density at radius 1 is 0.202 bits per heavy atom. The van der Waals surface area contributed by atoms with Crippen LogP contribution in [0.5, 0.6) is 0 Å². The van der Waals surface area contributed by atoms with Gasteiger partial charge in [0.25, 0.3) is 0 Å². The van der Waals surface area contributed by atoms with E-state index in [2.05, 4.69) is 66.8 Å². The molecule has 16 heteroatoms. The Bertz CT molecular complexity index is 6530. The van der Waals surface area contributed by atoms with Crippen molar-refractivity contribution in [3.63, 3.8) is 0 Å². The van der Waals surface area contributed by atoms with Gasteiger partial charge in [0.05, 0.1) is 182 Å². The van der Waals surface area contributed by atoms with E-state index < -0.39 is 0 Å². The van der Waals surface area contributed by atoms with Crippen LogP contribution in [0.3, 0.4) is 0 Å². The first kappa shape index (κ1) is 60.3. The van der Waals surface area contributed by atoms with Crippen LogP contribution in [-0.2, 0) is 0 Å². The van der Waals surface area contributed by atoms with Crippen LogP contribution in [0.25, 0.3) is 167 Å². The van der Waals surface area contributed by atoms with Gasteiger partial charge in [-0.15, -0.1) is 0 Å². The van der Waals surface area contributed by atoms with Crippen molar-refractivity contribution in [2.75, 3.05) is 0 Å². The zero-order chi connectivity index (χ0) is 70.4. The summed E-state index contributed by atoms with van der Waals surface area (Å²) in [6.45, 7) is 0. The summed E-state index contributed by atoms with van der Waals surface area (Å²) < 4.78 is 8.56. The molecule has 16 nitrogen and oxygen atoms in total. The molecule has 0 saturated heterocycles. The van der Waals surface area contributed by atoms with Crippen molar-refractivity contribution < 1.29 is 0 Å². The fourth-order valence-electron chi connectivity index (χ4n) is 14.9. The van der Waals surface area contributed by atoms with Crippen molar-refractivity contribution in [3.8, 4) is 128 Å². The van der Waals surface area contributed by atoms with Crippen molar-refractivity contribution >= 4 is 87.2 Å². The Labute approximate surface area is 591 Å². The van der Waals surface area contributed by atoms with E-state index in [9.17, 15) is 42.1 Å². The molecule has 12 aromatic carbocycles. The Hall–Kier alpha value is -16.1. The van der Waals surface area contributed by atoms with Gasteiger partial charge in [-0.1, -0.05) is 97.1 Å². The molecule has 18 rings (SSSR count). The van der Waals surface area contributed by atoms with E-state index in [0.717, 1.165) is 5.56 Å². The molecular formula is C88H42N16. The average Bonchev–Trinajstić information content (AvgIpc) is 1.45. The lowest BCUT2D eigenvalue weighted by atomic mass is 9.94. The number of fused-ring (bicyclic) bond motifs is 12. The van der Waals surface area contributed by atoms with Crippen LogP contribution in [0.1, 0.15) is 44.5 Å². The minimum absolute atomic E-state index is 0.135. The summed E-state index contributed by atoms with van der Waals surface area (Å²) in [5.74, 6) is 0.727. The van der Waals surface area contributed by atoms with Crippen LogP contribution in [0, 0.1) is 90.6 Å². The standard InChI is InChI=1S/C88H42N16/c89-43-51-19-27-72-62(35-51)63-36-52(44-90)20-28-73(63)101(72)82-80(71-18-10-17-70(97-71)59-11-4-1-5-12-59)83(102-74-29-21-53(45-91)37-64(74)65-38-54(46-92)22-30-75(65)102)85(104-78-33-25-57(49-95)41-68(78)69-42-58(50-96)26-34-79(69)104)81(88-99-86(60-13-6-2-7-14-60)98-87(100-88)61-15-8-3-9-16-61)84(82)103-76-31-23-55(47-93)39-66(76)67-40-56(48-94)24-32-77(67)103/h1-42H. The number of nitrogens with zero attached hydrogens (tertiary/aromatic N) is 16. The highest BCUT2D eigenvalue weighted by Gasteiger charge is 2.38. The monoisotopic (exact) mass is 1320 g/mol. The van der Waals surface area contributed by atoms with E-state index in [1.807, 2.05) is 206 Å². The first-order valence-electron chi connectivity index (χ1n) is 32.9. The van der Waals surface area contributed by atoms with Crippen molar-refractivity contribution in [1.82, 2.24) is 38.2 Å². The SMILES string of the molecule is N#Cc1ccc2c(c1)c1cc(C#N)ccc1n2-c1c(-c2cccc(-c3ccccc3)n2)c(-n2c3ccc(C#N)cc3c3cc(C#N)ccc32)c(-n2c3ccc(C#N)cc3c3cc(C#N)ccc32)c(-c2nc(-c3ccccc3)nc(-c3ccccc3)n2)c1-n1c2ccc(C#N)cc2c2cc(C#N)ccc21. The lowest BCUT2D eigenvalue weighted by molar-refractivity contribution is 1.02. The molecule has 0 fully saturated rings. The van der Waals surface area contributed by atoms with Gasteiger partial charge in [0.2, 0.25) is 0 Å². The summed E-state index contributed by atoms with van der Waals surface area (Å²) >= 11 is 0. The van der Waals surface area contributed by atoms with Crippen LogP contribution in [0.15, 0.2) is 255 Å². The van der Waals surface area contributed by atoms with Gasteiger partial charge >= 0.3 is 0 Å². The molecule has 0 saturated carbocycles. The van der Waals surface area contributed by atoms with Crippen LogP contribution in [-0.4, -0.2) is 38.2 Å². The predicted molar refractivity (Wildman–Crippen MR) is 400 cm³/mol. The molecular weight excluding hydrogens is 1280 g/mol. The van der Waals surface area contributed by atoms with Crippen LogP contribution < -0.4 is 0 Å². The van der Waals surface area contributed by atoms with Crippen LogP contribution in [0.4, 0.5) is 0 Å². The number of benzene rings is 12. The lowest BCUT2D eigenvalue weighted by Gasteiger charge is -2.30. The summed E-state index contributed by atoms with van der Waals surface area (Å²) in [6, 6.07) is 98.0. The summed E-state index contributed by atoms with van der Waals surface area (Å²) in [7, 11) is 0. The van der Waals surface area contributed by atoms with Gasteiger partial charge in [0, 0.05) is 59.8 Å². The predicted octanol–water partition coefficient (Wildman–Crippen LogP) is 19.0. The number of nitriles is 8. The molecule has 0 aliphatic rings. The Morgan fingerprint density at radius 3 is 0.692 bits per heavy atom. The molecule has 0 bridgehead atoms. The smallest absolute Gasteiger partial charge is 0.168 e. The van der Waals surface area contributed by atoms with Crippen molar-refractivity contribution in [2.24, 2.45) is 0 Å². The molecule has 6 aromatic heterocycles. The van der Waals surface area contributed by atoms with Gasteiger partial charge in [-0.2, -0.15) is 42.1 Å². The highest BCUT2D eigenvalue weighted by molar-refractivity contribution is 6.19.